The third kappa shape index (κ3) is 4.92. The molecule has 0 spiro atoms. The van der Waals surface area contributed by atoms with E-state index in [9.17, 15) is 5.11 Å². The molecule has 0 aliphatic carbocycles. The van der Waals surface area contributed by atoms with Crippen LogP contribution in [0.15, 0.2) is 0 Å². The van der Waals surface area contributed by atoms with Gasteiger partial charge in [0.1, 0.15) is 0 Å². The lowest BCUT2D eigenvalue weighted by Crippen LogP contribution is -2.53. The summed E-state index contributed by atoms with van der Waals surface area (Å²) in [7, 11) is 4.20. The number of piperidine rings is 1. The van der Waals surface area contributed by atoms with E-state index < -0.39 is 5.60 Å². The molecule has 1 atom stereocenters. The number of rotatable bonds is 6. The zero-order valence-electron chi connectivity index (χ0n) is 11.9. The SMILES string of the molecule is CCN(CC1(O)CCNCC1)C(C)CN(C)C. The Morgan fingerprint density at radius 1 is 1.29 bits per heavy atom. The number of hydrogen-bond acceptors (Lipinski definition) is 4. The van der Waals surface area contributed by atoms with E-state index in [0.29, 0.717) is 6.04 Å². The Kier molecular flexibility index (Phi) is 5.86. The molecule has 0 aromatic rings. The van der Waals surface area contributed by atoms with Crippen molar-refractivity contribution in [3.8, 4) is 0 Å². The Hall–Kier alpha value is -0.160. The average Bonchev–Trinajstić information content (AvgIpc) is 2.26. The predicted molar refractivity (Wildman–Crippen MR) is 72.3 cm³/mol. The van der Waals surface area contributed by atoms with E-state index in [4.69, 9.17) is 0 Å². The summed E-state index contributed by atoms with van der Waals surface area (Å²) in [5.74, 6) is 0. The van der Waals surface area contributed by atoms with Gasteiger partial charge in [0.25, 0.3) is 0 Å². The summed E-state index contributed by atoms with van der Waals surface area (Å²) in [5, 5.41) is 13.9. The maximum absolute atomic E-state index is 10.6. The van der Waals surface area contributed by atoms with Gasteiger partial charge in [-0.1, -0.05) is 6.92 Å². The largest absolute Gasteiger partial charge is 0.388 e. The van der Waals surface area contributed by atoms with Crippen LogP contribution in [0.5, 0.6) is 0 Å². The summed E-state index contributed by atoms with van der Waals surface area (Å²) in [6, 6.07) is 0.494. The Morgan fingerprint density at radius 3 is 2.35 bits per heavy atom. The smallest absolute Gasteiger partial charge is 0.0798 e. The Morgan fingerprint density at radius 2 is 1.88 bits per heavy atom. The molecule has 1 aliphatic heterocycles. The van der Waals surface area contributed by atoms with Crippen LogP contribution in [0.1, 0.15) is 26.7 Å². The Labute approximate surface area is 106 Å². The van der Waals surface area contributed by atoms with E-state index in [1.807, 2.05) is 0 Å². The van der Waals surface area contributed by atoms with Gasteiger partial charge in [-0.15, -0.1) is 0 Å². The van der Waals surface area contributed by atoms with Crippen LogP contribution in [0.25, 0.3) is 0 Å². The van der Waals surface area contributed by atoms with Gasteiger partial charge in [0.15, 0.2) is 0 Å². The maximum atomic E-state index is 10.6. The van der Waals surface area contributed by atoms with Crippen molar-refractivity contribution in [2.45, 2.75) is 38.3 Å². The van der Waals surface area contributed by atoms with Crippen molar-refractivity contribution >= 4 is 0 Å². The van der Waals surface area contributed by atoms with Crippen molar-refractivity contribution in [1.82, 2.24) is 15.1 Å². The molecule has 1 heterocycles. The first kappa shape index (κ1) is 14.9. The molecule has 0 amide bonds. The second-order valence-corrected chi connectivity index (χ2v) is 5.65. The average molecular weight is 243 g/mol. The minimum absolute atomic E-state index is 0.484. The number of aliphatic hydroxyl groups is 1. The highest BCUT2D eigenvalue weighted by Crippen LogP contribution is 2.20. The van der Waals surface area contributed by atoms with E-state index in [0.717, 1.165) is 45.6 Å². The molecule has 4 heteroatoms. The zero-order valence-corrected chi connectivity index (χ0v) is 11.9. The van der Waals surface area contributed by atoms with Crippen LogP contribution in [0.4, 0.5) is 0 Å². The first-order chi connectivity index (χ1) is 7.97. The molecular weight excluding hydrogens is 214 g/mol. The normalized spacial score (nSPS) is 22.1. The zero-order chi connectivity index (χ0) is 12.9. The van der Waals surface area contributed by atoms with Crippen LogP contribution in [0.3, 0.4) is 0 Å². The predicted octanol–water partition coefficient (Wildman–Crippen LogP) is 0.373. The highest BCUT2D eigenvalue weighted by atomic mass is 16.3. The molecule has 0 aromatic carbocycles. The van der Waals surface area contributed by atoms with Gasteiger partial charge in [-0.05, 0) is 53.5 Å². The lowest BCUT2D eigenvalue weighted by Gasteiger charge is -2.39. The molecule has 1 fully saturated rings. The van der Waals surface area contributed by atoms with E-state index in [2.05, 4.69) is 43.1 Å². The van der Waals surface area contributed by atoms with Gasteiger partial charge in [0, 0.05) is 19.1 Å². The van der Waals surface area contributed by atoms with Crippen molar-refractivity contribution in [1.29, 1.82) is 0 Å². The molecule has 0 radical (unpaired) electrons. The highest BCUT2D eigenvalue weighted by Gasteiger charge is 2.32. The van der Waals surface area contributed by atoms with Crippen molar-refractivity contribution in [2.24, 2.45) is 0 Å². The maximum Gasteiger partial charge on any atom is 0.0798 e. The van der Waals surface area contributed by atoms with Gasteiger partial charge in [-0.2, -0.15) is 0 Å². The lowest BCUT2D eigenvalue weighted by atomic mass is 9.91. The first-order valence-electron chi connectivity index (χ1n) is 6.79. The minimum atomic E-state index is -0.484. The number of likely N-dealkylation sites (N-methyl/N-ethyl adjacent to an activating group) is 2. The molecule has 4 nitrogen and oxygen atoms in total. The van der Waals surface area contributed by atoms with Gasteiger partial charge in [0.05, 0.1) is 5.60 Å². The third-order valence-electron chi connectivity index (χ3n) is 3.69. The number of nitrogens with zero attached hydrogens (tertiary/aromatic N) is 2. The first-order valence-corrected chi connectivity index (χ1v) is 6.79. The van der Waals surface area contributed by atoms with Crippen LogP contribution >= 0.6 is 0 Å². The number of nitrogens with one attached hydrogen (secondary N) is 1. The quantitative estimate of drug-likeness (QED) is 0.707. The topological polar surface area (TPSA) is 38.7 Å². The summed E-state index contributed by atoms with van der Waals surface area (Å²) >= 11 is 0. The Bertz CT molecular complexity index is 215. The van der Waals surface area contributed by atoms with E-state index >= 15 is 0 Å². The number of hydrogen-bond donors (Lipinski definition) is 2. The summed E-state index contributed by atoms with van der Waals surface area (Å²) < 4.78 is 0. The van der Waals surface area contributed by atoms with Crippen LogP contribution in [0, 0.1) is 0 Å². The Balaban J connectivity index is 2.49. The van der Waals surface area contributed by atoms with E-state index in [1.165, 1.54) is 0 Å². The standard InChI is InChI=1S/C13H29N3O/c1-5-16(12(2)10-15(3)4)11-13(17)6-8-14-9-7-13/h12,14,17H,5-11H2,1-4H3. The van der Waals surface area contributed by atoms with Crippen molar-refractivity contribution in [2.75, 3.05) is 46.8 Å². The summed E-state index contributed by atoms with van der Waals surface area (Å²) in [6.45, 7) is 9.16. The van der Waals surface area contributed by atoms with Crippen molar-refractivity contribution in [3.05, 3.63) is 0 Å². The summed E-state index contributed by atoms with van der Waals surface area (Å²) in [6.07, 6.45) is 1.75. The second kappa shape index (κ2) is 6.69. The fraction of sp³-hybridized carbons (Fsp3) is 1.00. The summed E-state index contributed by atoms with van der Waals surface area (Å²) in [5.41, 5.74) is -0.484. The van der Waals surface area contributed by atoms with Crippen molar-refractivity contribution < 1.29 is 5.11 Å². The molecule has 1 aliphatic rings. The molecule has 0 aromatic heterocycles. The molecule has 2 N–H and O–H groups in total. The monoisotopic (exact) mass is 243 g/mol. The third-order valence-corrected chi connectivity index (χ3v) is 3.69. The van der Waals surface area contributed by atoms with Crippen molar-refractivity contribution in [3.63, 3.8) is 0 Å². The van der Waals surface area contributed by atoms with Gasteiger partial charge in [-0.25, -0.2) is 0 Å². The fourth-order valence-electron chi connectivity index (χ4n) is 2.65. The molecule has 1 saturated heterocycles. The lowest BCUT2D eigenvalue weighted by molar-refractivity contribution is -0.0300. The molecule has 1 unspecified atom stereocenters. The fourth-order valence-corrected chi connectivity index (χ4v) is 2.65. The van der Waals surface area contributed by atoms with Crippen LogP contribution in [0.2, 0.25) is 0 Å². The molecule has 1 rings (SSSR count). The van der Waals surface area contributed by atoms with E-state index in [-0.39, 0.29) is 0 Å². The van der Waals surface area contributed by atoms with Gasteiger partial charge >= 0.3 is 0 Å². The van der Waals surface area contributed by atoms with Gasteiger partial charge in [0.2, 0.25) is 0 Å². The van der Waals surface area contributed by atoms with Gasteiger partial charge < -0.3 is 15.3 Å². The molecule has 17 heavy (non-hydrogen) atoms. The molecule has 0 saturated carbocycles. The highest BCUT2D eigenvalue weighted by molar-refractivity contribution is 4.88. The van der Waals surface area contributed by atoms with Crippen LogP contribution in [-0.2, 0) is 0 Å². The molecule has 0 bridgehead atoms. The van der Waals surface area contributed by atoms with Crippen LogP contribution < -0.4 is 5.32 Å². The minimum Gasteiger partial charge on any atom is -0.388 e. The molecular formula is C13H29N3O. The van der Waals surface area contributed by atoms with Gasteiger partial charge in [-0.3, -0.25) is 4.90 Å². The summed E-state index contributed by atoms with van der Waals surface area (Å²) in [4.78, 5) is 4.60. The molecule has 102 valence electrons. The second-order valence-electron chi connectivity index (χ2n) is 5.65. The van der Waals surface area contributed by atoms with E-state index in [1.54, 1.807) is 0 Å². The van der Waals surface area contributed by atoms with Crippen LogP contribution in [-0.4, -0.2) is 73.4 Å².